The van der Waals surface area contributed by atoms with Gasteiger partial charge in [-0.25, -0.2) is 4.98 Å². The van der Waals surface area contributed by atoms with Crippen LogP contribution in [0.25, 0.3) is 0 Å². The van der Waals surface area contributed by atoms with E-state index in [9.17, 15) is 0 Å². The molecule has 0 saturated heterocycles. The lowest BCUT2D eigenvalue weighted by atomic mass is 9.84. The maximum atomic E-state index is 8.85. The SMILES string of the molecule is CSC1(CNc2cc(C#N)cc(Cl)n2)CCC1. The fourth-order valence-corrected chi connectivity index (χ4v) is 3.05. The summed E-state index contributed by atoms with van der Waals surface area (Å²) in [6, 6.07) is 5.38. The van der Waals surface area contributed by atoms with Gasteiger partial charge < -0.3 is 5.32 Å². The third-order valence-electron chi connectivity index (χ3n) is 3.21. The van der Waals surface area contributed by atoms with Crippen molar-refractivity contribution in [3.8, 4) is 6.07 Å². The molecule has 1 fully saturated rings. The smallest absolute Gasteiger partial charge is 0.132 e. The van der Waals surface area contributed by atoms with Crippen molar-refractivity contribution in [3.05, 3.63) is 22.8 Å². The van der Waals surface area contributed by atoms with Crippen LogP contribution in [0.15, 0.2) is 12.1 Å². The molecule has 1 aromatic rings. The van der Waals surface area contributed by atoms with Crippen LogP contribution in [0.3, 0.4) is 0 Å². The topological polar surface area (TPSA) is 48.7 Å². The Morgan fingerprint density at radius 3 is 2.88 bits per heavy atom. The lowest BCUT2D eigenvalue weighted by Gasteiger charge is -2.40. The summed E-state index contributed by atoms with van der Waals surface area (Å²) in [6.45, 7) is 0.881. The number of nitrogens with zero attached hydrogens (tertiary/aromatic N) is 2. The van der Waals surface area contributed by atoms with Gasteiger partial charge in [0, 0.05) is 11.3 Å². The highest BCUT2D eigenvalue weighted by Crippen LogP contribution is 2.42. The number of hydrogen-bond acceptors (Lipinski definition) is 4. The molecule has 0 bridgehead atoms. The molecular formula is C12H14ClN3S. The van der Waals surface area contributed by atoms with Crippen LogP contribution >= 0.6 is 23.4 Å². The Labute approximate surface area is 111 Å². The van der Waals surface area contributed by atoms with Crippen molar-refractivity contribution in [2.45, 2.75) is 24.0 Å². The van der Waals surface area contributed by atoms with Crippen LogP contribution in [0.4, 0.5) is 5.82 Å². The van der Waals surface area contributed by atoms with Crippen molar-refractivity contribution in [1.82, 2.24) is 4.98 Å². The largest absolute Gasteiger partial charge is 0.369 e. The number of rotatable bonds is 4. The Hall–Kier alpha value is -0.920. The zero-order chi connectivity index (χ0) is 12.3. The Kier molecular flexibility index (Phi) is 3.80. The molecule has 1 aromatic heterocycles. The molecule has 0 aromatic carbocycles. The fourth-order valence-electron chi connectivity index (χ4n) is 1.93. The van der Waals surface area contributed by atoms with Crippen LogP contribution in [0.1, 0.15) is 24.8 Å². The summed E-state index contributed by atoms with van der Waals surface area (Å²) in [5.74, 6) is 0.689. The first kappa shape index (κ1) is 12.5. The van der Waals surface area contributed by atoms with Crippen molar-refractivity contribution in [1.29, 1.82) is 5.26 Å². The summed E-state index contributed by atoms with van der Waals surface area (Å²) in [5.41, 5.74) is 0.541. The van der Waals surface area contributed by atoms with E-state index in [1.165, 1.54) is 19.3 Å². The number of nitrogens with one attached hydrogen (secondary N) is 1. The fraction of sp³-hybridized carbons (Fsp3) is 0.500. The summed E-state index contributed by atoms with van der Waals surface area (Å²) in [7, 11) is 0. The molecule has 0 spiro atoms. The number of aromatic nitrogens is 1. The molecule has 0 aliphatic heterocycles. The highest BCUT2D eigenvalue weighted by molar-refractivity contribution is 8.00. The van der Waals surface area contributed by atoms with Gasteiger partial charge >= 0.3 is 0 Å². The molecule has 0 radical (unpaired) electrons. The minimum absolute atomic E-state index is 0.344. The van der Waals surface area contributed by atoms with Crippen molar-refractivity contribution >= 4 is 29.2 Å². The second-order valence-electron chi connectivity index (χ2n) is 4.27. The Bertz CT molecular complexity index is 446. The maximum Gasteiger partial charge on any atom is 0.132 e. The monoisotopic (exact) mass is 267 g/mol. The van der Waals surface area contributed by atoms with Crippen LogP contribution < -0.4 is 5.32 Å². The van der Waals surface area contributed by atoms with Crippen LogP contribution in [-0.2, 0) is 0 Å². The quantitative estimate of drug-likeness (QED) is 0.851. The molecule has 1 heterocycles. The zero-order valence-corrected chi connectivity index (χ0v) is 11.2. The van der Waals surface area contributed by atoms with Crippen LogP contribution in [0.2, 0.25) is 5.15 Å². The van der Waals surface area contributed by atoms with E-state index in [0.29, 0.717) is 21.3 Å². The van der Waals surface area contributed by atoms with E-state index in [1.54, 1.807) is 12.1 Å². The summed E-state index contributed by atoms with van der Waals surface area (Å²) < 4.78 is 0.344. The van der Waals surface area contributed by atoms with Gasteiger partial charge in [0.15, 0.2) is 0 Å². The van der Waals surface area contributed by atoms with Crippen molar-refractivity contribution in [2.75, 3.05) is 18.1 Å². The van der Waals surface area contributed by atoms with Gasteiger partial charge in [0.2, 0.25) is 0 Å². The Balaban J connectivity index is 2.04. The molecule has 3 nitrogen and oxygen atoms in total. The molecule has 17 heavy (non-hydrogen) atoms. The molecule has 0 amide bonds. The van der Waals surface area contributed by atoms with E-state index >= 15 is 0 Å². The molecule has 1 aliphatic rings. The van der Waals surface area contributed by atoms with Gasteiger partial charge in [0.1, 0.15) is 11.0 Å². The highest BCUT2D eigenvalue weighted by Gasteiger charge is 2.35. The van der Waals surface area contributed by atoms with E-state index in [1.807, 2.05) is 11.8 Å². The van der Waals surface area contributed by atoms with Gasteiger partial charge in [-0.05, 0) is 31.2 Å². The third-order valence-corrected chi connectivity index (χ3v) is 4.82. The van der Waals surface area contributed by atoms with Crippen LogP contribution in [0, 0.1) is 11.3 Å². The molecule has 1 aliphatic carbocycles. The van der Waals surface area contributed by atoms with Gasteiger partial charge in [-0.1, -0.05) is 18.0 Å². The molecule has 2 rings (SSSR count). The number of anilines is 1. The van der Waals surface area contributed by atoms with Gasteiger partial charge in [-0.3, -0.25) is 0 Å². The lowest BCUT2D eigenvalue weighted by molar-refractivity contribution is 0.379. The minimum atomic E-state index is 0.344. The molecule has 5 heteroatoms. The first-order valence-corrected chi connectivity index (χ1v) is 7.14. The van der Waals surface area contributed by atoms with E-state index in [4.69, 9.17) is 16.9 Å². The highest BCUT2D eigenvalue weighted by atomic mass is 35.5. The summed E-state index contributed by atoms with van der Waals surface area (Å²) >= 11 is 7.76. The second kappa shape index (κ2) is 5.16. The van der Waals surface area contributed by atoms with Crippen LogP contribution in [-0.4, -0.2) is 22.5 Å². The molecule has 1 saturated carbocycles. The number of nitriles is 1. The standard InChI is InChI=1S/C12H14ClN3S/c1-17-12(3-2-4-12)8-15-11-6-9(7-14)5-10(13)16-11/h5-6H,2-4,8H2,1H3,(H,15,16). The molecule has 0 unspecified atom stereocenters. The zero-order valence-electron chi connectivity index (χ0n) is 9.66. The van der Waals surface area contributed by atoms with E-state index in [-0.39, 0.29) is 0 Å². The lowest BCUT2D eigenvalue weighted by Crippen LogP contribution is -2.40. The van der Waals surface area contributed by atoms with Gasteiger partial charge in [-0.15, -0.1) is 0 Å². The van der Waals surface area contributed by atoms with Crippen molar-refractivity contribution < 1.29 is 0 Å². The molecule has 90 valence electrons. The van der Waals surface area contributed by atoms with Gasteiger partial charge in [-0.2, -0.15) is 17.0 Å². The Morgan fingerprint density at radius 2 is 2.35 bits per heavy atom. The van der Waals surface area contributed by atoms with E-state index in [2.05, 4.69) is 22.6 Å². The second-order valence-corrected chi connectivity index (χ2v) is 5.93. The normalized spacial score (nSPS) is 17.0. The van der Waals surface area contributed by atoms with Crippen molar-refractivity contribution in [3.63, 3.8) is 0 Å². The average molecular weight is 268 g/mol. The Morgan fingerprint density at radius 1 is 1.59 bits per heavy atom. The average Bonchev–Trinajstić information content (AvgIpc) is 2.27. The van der Waals surface area contributed by atoms with E-state index < -0.39 is 0 Å². The molecule has 0 atom stereocenters. The first-order valence-electron chi connectivity index (χ1n) is 5.54. The molecule has 1 N–H and O–H groups in total. The minimum Gasteiger partial charge on any atom is -0.369 e. The maximum absolute atomic E-state index is 8.85. The molecular weight excluding hydrogens is 254 g/mol. The summed E-state index contributed by atoms with van der Waals surface area (Å²) in [4.78, 5) is 4.17. The van der Waals surface area contributed by atoms with Gasteiger partial charge in [0.25, 0.3) is 0 Å². The number of halogens is 1. The first-order chi connectivity index (χ1) is 8.17. The summed E-state index contributed by atoms with van der Waals surface area (Å²) in [5, 5.41) is 12.5. The van der Waals surface area contributed by atoms with Gasteiger partial charge in [0.05, 0.1) is 11.6 Å². The predicted molar refractivity (Wildman–Crippen MR) is 72.5 cm³/mol. The number of pyridine rings is 1. The van der Waals surface area contributed by atoms with Crippen molar-refractivity contribution in [2.24, 2.45) is 0 Å². The number of thioether (sulfide) groups is 1. The van der Waals surface area contributed by atoms with E-state index in [0.717, 1.165) is 6.54 Å². The number of hydrogen-bond donors (Lipinski definition) is 1. The third kappa shape index (κ3) is 2.85. The predicted octanol–water partition coefficient (Wildman–Crippen LogP) is 3.30. The van der Waals surface area contributed by atoms with Crippen LogP contribution in [0.5, 0.6) is 0 Å². The summed E-state index contributed by atoms with van der Waals surface area (Å²) in [6.07, 6.45) is 5.93.